The van der Waals surface area contributed by atoms with Crippen LogP contribution in [0.25, 0.3) is 0 Å². The Balaban J connectivity index is 0. The summed E-state index contributed by atoms with van der Waals surface area (Å²) < 4.78 is 0.832. The highest BCUT2D eigenvalue weighted by Crippen LogP contribution is 1.99. The van der Waals surface area contributed by atoms with E-state index in [-0.39, 0.29) is 13.2 Å². The van der Waals surface area contributed by atoms with Crippen LogP contribution in [0.4, 0.5) is 0 Å². The van der Waals surface area contributed by atoms with Gasteiger partial charge in [-0.15, -0.1) is 0 Å². The van der Waals surface area contributed by atoms with Crippen molar-refractivity contribution in [3.8, 4) is 0 Å². The minimum Gasteiger partial charge on any atom is -0.331 e. The zero-order valence-electron chi connectivity index (χ0n) is 7.98. The Kier molecular flexibility index (Phi) is 5.91. The van der Waals surface area contributed by atoms with Crippen molar-refractivity contribution in [1.82, 2.24) is 0 Å². The number of rotatable bonds is 4. The average molecular weight is 172 g/mol. The normalized spacial score (nSPS) is 10.3. The number of quaternary nitrogens is 1. The Hall–Kier alpha value is -0.630. The summed E-state index contributed by atoms with van der Waals surface area (Å²) in [6.07, 6.45) is 0.610. The van der Waals surface area contributed by atoms with Gasteiger partial charge in [-0.1, -0.05) is 14.0 Å². The smallest absolute Gasteiger partial charge is 0.163 e. The first kappa shape index (κ1) is 13.9. The molecular weight excluding hydrogens is 150 g/mol. The lowest BCUT2D eigenvalue weighted by Gasteiger charge is -2.23. The minimum absolute atomic E-state index is 0. The summed E-state index contributed by atoms with van der Waals surface area (Å²) in [5, 5.41) is 0. The first-order valence-corrected chi connectivity index (χ1v) is 3.82. The molecule has 0 N–H and O–H groups in total. The van der Waals surface area contributed by atoms with Crippen LogP contribution in [0.5, 0.6) is 0 Å². The van der Waals surface area contributed by atoms with E-state index in [9.17, 15) is 4.79 Å². The van der Waals surface area contributed by atoms with Gasteiger partial charge < -0.3 is 4.48 Å². The molecule has 0 saturated heterocycles. The predicted octanol–water partition coefficient (Wildman–Crippen LogP) is 1.86. The second kappa shape index (κ2) is 5.09. The molecule has 0 saturated carbocycles. The molecule has 0 radical (unpaired) electrons. The van der Waals surface area contributed by atoms with E-state index in [1.54, 1.807) is 6.92 Å². The summed E-state index contributed by atoms with van der Waals surface area (Å²) in [4.78, 5) is 11.1. The van der Waals surface area contributed by atoms with Gasteiger partial charge in [0.05, 0.1) is 34.1 Å². The van der Waals surface area contributed by atoms with E-state index in [1.807, 2.05) is 0 Å². The van der Waals surface area contributed by atoms with Crippen molar-refractivity contribution in [2.75, 3.05) is 27.7 Å². The topological polar surface area (TPSA) is 17.1 Å². The van der Waals surface area contributed by atoms with Crippen LogP contribution in [-0.4, -0.2) is 38.0 Å². The lowest BCUT2D eigenvalue weighted by atomic mass is 10.1. The van der Waals surface area contributed by atoms with Gasteiger partial charge in [-0.05, 0) is 12.5 Å². The third-order valence-electron chi connectivity index (χ3n) is 1.49. The molecule has 0 unspecified atom stereocenters. The fraction of sp³-hybridized carbons (Fsp3) is 0.700. The van der Waals surface area contributed by atoms with E-state index in [4.69, 9.17) is 0 Å². The largest absolute Gasteiger partial charge is 0.331 e. The SMILES string of the molecule is C.C=C(C)C(=O)CC[N+](C)(C)C. The molecular formula is C10H22NO+. The molecule has 0 atom stereocenters. The number of ketones is 1. The van der Waals surface area contributed by atoms with Gasteiger partial charge in [0, 0.05) is 0 Å². The third kappa shape index (κ3) is 7.48. The highest BCUT2D eigenvalue weighted by Gasteiger charge is 2.10. The van der Waals surface area contributed by atoms with Gasteiger partial charge in [0.1, 0.15) is 0 Å². The van der Waals surface area contributed by atoms with Crippen molar-refractivity contribution in [3.05, 3.63) is 12.2 Å². The number of carbonyl (C=O) groups excluding carboxylic acids is 1. The number of nitrogens with zero attached hydrogens (tertiary/aromatic N) is 1. The Morgan fingerprint density at radius 1 is 1.33 bits per heavy atom. The maximum Gasteiger partial charge on any atom is 0.163 e. The molecule has 0 spiro atoms. The molecule has 0 aliphatic rings. The van der Waals surface area contributed by atoms with Gasteiger partial charge >= 0.3 is 0 Å². The van der Waals surface area contributed by atoms with Crippen LogP contribution in [0.3, 0.4) is 0 Å². The van der Waals surface area contributed by atoms with Gasteiger partial charge in [-0.2, -0.15) is 0 Å². The maximum absolute atomic E-state index is 11.1. The lowest BCUT2D eigenvalue weighted by Crippen LogP contribution is -2.36. The highest BCUT2D eigenvalue weighted by atomic mass is 16.1. The van der Waals surface area contributed by atoms with E-state index < -0.39 is 0 Å². The van der Waals surface area contributed by atoms with Crippen molar-refractivity contribution in [2.24, 2.45) is 0 Å². The maximum atomic E-state index is 11.1. The molecule has 2 heteroatoms. The molecule has 0 aromatic heterocycles. The standard InChI is InChI=1S/C9H18NO.CH4/c1-8(2)9(11)6-7-10(3,4)5;/h1,6-7H2,2-5H3;1H4/q+1;. The molecule has 0 aliphatic carbocycles. The van der Waals surface area contributed by atoms with Crippen LogP contribution in [0.15, 0.2) is 12.2 Å². The molecule has 0 heterocycles. The number of allylic oxidation sites excluding steroid dienone is 1. The van der Waals surface area contributed by atoms with E-state index >= 15 is 0 Å². The van der Waals surface area contributed by atoms with E-state index in [0.29, 0.717) is 12.0 Å². The van der Waals surface area contributed by atoms with Crippen LogP contribution >= 0.6 is 0 Å². The Labute approximate surface area is 76.5 Å². The number of Topliss-reactive ketones (excluding diaryl/α,β-unsaturated/α-hetero) is 1. The summed E-state index contributed by atoms with van der Waals surface area (Å²) in [7, 11) is 6.23. The van der Waals surface area contributed by atoms with Crippen molar-refractivity contribution >= 4 is 5.78 Å². The van der Waals surface area contributed by atoms with Crippen LogP contribution in [0.2, 0.25) is 0 Å². The highest BCUT2D eigenvalue weighted by molar-refractivity contribution is 5.94. The molecule has 0 rings (SSSR count). The van der Waals surface area contributed by atoms with Crippen LogP contribution in [0, 0.1) is 0 Å². The summed E-state index contributed by atoms with van der Waals surface area (Å²) >= 11 is 0. The van der Waals surface area contributed by atoms with Gasteiger partial charge in [0.15, 0.2) is 5.78 Å². The number of hydrogen-bond acceptors (Lipinski definition) is 1. The number of hydrogen-bond donors (Lipinski definition) is 0. The van der Waals surface area contributed by atoms with Gasteiger partial charge in [0.25, 0.3) is 0 Å². The van der Waals surface area contributed by atoms with E-state index in [1.165, 1.54) is 0 Å². The fourth-order valence-electron chi connectivity index (χ4n) is 0.650. The molecule has 2 nitrogen and oxygen atoms in total. The molecule has 0 bridgehead atoms. The van der Waals surface area contributed by atoms with Gasteiger partial charge in [-0.3, -0.25) is 4.79 Å². The Morgan fingerprint density at radius 3 is 2.00 bits per heavy atom. The number of carbonyl (C=O) groups is 1. The van der Waals surface area contributed by atoms with Crippen molar-refractivity contribution < 1.29 is 9.28 Å². The second-order valence-corrected chi connectivity index (χ2v) is 3.97. The van der Waals surface area contributed by atoms with Crippen LogP contribution in [0.1, 0.15) is 20.8 Å². The monoisotopic (exact) mass is 172 g/mol. The molecule has 0 fully saturated rings. The van der Waals surface area contributed by atoms with E-state index in [0.717, 1.165) is 11.0 Å². The predicted molar refractivity (Wildman–Crippen MR) is 54.1 cm³/mol. The van der Waals surface area contributed by atoms with Crippen LogP contribution in [-0.2, 0) is 4.79 Å². The summed E-state index contributed by atoms with van der Waals surface area (Å²) in [6.45, 7) is 6.24. The quantitative estimate of drug-likeness (QED) is 0.467. The lowest BCUT2D eigenvalue weighted by molar-refractivity contribution is -0.869. The molecule has 0 aromatic rings. The molecule has 0 aliphatic heterocycles. The third-order valence-corrected chi connectivity index (χ3v) is 1.49. The molecule has 0 aromatic carbocycles. The second-order valence-electron chi connectivity index (χ2n) is 3.97. The van der Waals surface area contributed by atoms with Gasteiger partial charge in [-0.25, -0.2) is 0 Å². The van der Waals surface area contributed by atoms with Crippen molar-refractivity contribution in [2.45, 2.75) is 20.8 Å². The summed E-state index contributed by atoms with van der Waals surface area (Å²) in [5.74, 6) is 0.179. The van der Waals surface area contributed by atoms with Crippen molar-refractivity contribution in [3.63, 3.8) is 0 Å². The molecule has 0 amide bonds. The van der Waals surface area contributed by atoms with Crippen molar-refractivity contribution in [1.29, 1.82) is 0 Å². The first-order chi connectivity index (χ1) is 4.83. The average Bonchev–Trinajstić information content (AvgIpc) is 1.80. The Bertz CT molecular complexity index is 165. The summed E-state index contributed by atoms with van der Waals surface area (Å²) in [5.41, 5.74) is 0.665. The first-order valence-electron chi connectivity index (χ1n) is 3.82. The molecule has 72 valence electrons. The molecule has 12 heavy (non-hydrogen) atoms. The van der Waals surface area contributed by atoms with Crippen LogP contribution < -0.4 is 0 Å². The fourth-order valence-corrected chi connectivity index (χ4v) is 0.650. The van der Waals surface area contributed by atoms with E-state index in [2.05, 4.69) is 27.7 Å². The van der Waals surface area contributed by atoms with Gasteiger partial charge in [0.2, 0.25) is 0 Å². The minimum atomic E-state index is 0. The zero-order valence-corrected chi connectivity index (χ0v) is 7.98. The summed E-state index contributed by atoms with van der Waals surface area (Å²) in [6, 6.07) is 0. The zero-order chi connectivity index (χ0) is 9.07. The Morgan fingerprint density at radius 2 is 1.75 bits per heavy atom.